The Balaban J connectivity index is 1.74. The first-order chi connectivity index (χ1) is 9.15. The number of aliphatic hydroxyl groups is 1. The van der Waals surface area contributed by atoms with E-state index in [4.69, 9.17) is 0 Å². The molecule has 0 spiro atoms. The van der Waals surface area contributed by atoms with Gasteiger partial charge in [-0.1, -0.05) is 0 Å². The number of hydrogen-bond acceptors (Lipinski definition) is 4. The quantitative estimate of drug-likeness (QED) is 0.743. The lowest BCUT2D eigenvalue weighted by Crippen LogP contribution is -2.39. The minimum atomic E-state index is -0.882. The molecule has 0 aromatic carbocycles. The van der Waals surface area contributed by atoms with E-state index in [-0.39, 0.29) is 11.3 Å². The first-order valence-electron chi connectivity index (χ1n) is 6.57. The van der Waals surface area contributed by atoms with Gasteiger partial charge in [-0.05, 0) is 37.3 Å². The Labute approximate surface area is 117 Å². The van der Waals surface area contributed by atoms with Crippen molar-refractivity contribution in [1.29, 1.82) is 0 Å². The van der Waals surface area contributed by atoms with Gasteiger partial charge in [0.1, 0.15) is 6.10 Å². The van der Waals surface area contributed by atoms with Gasteiger partial charge in [-0.25, -0.2) is 0 Å². The highest BCUT2D eigenvalue weighted by molar-refractivity contribution is 7.98. The molecule has 6 heteroatoms. The van der Waals surface area contributed by atoms with Gasteiger partial charge in [0.25, 0.3) is 0 Å². The molecule has 1 amide bonds. The van der Waals surface area contributed by atoms with E-state index in [9.17, 15) is 9.90 Å². The molecule has 1 saturated carbocycles. The second-order valence-corrected chi connectivity index (χ2v) is 6.20. The maximum Gasteiger partial charge on any atom is 0.248 e. The largest absolute Gasteiger partial charge is 0.383 e. The average molecular weight is 283 g/mol. The van der Waals surface area contributed by atoms with Crippen molar-refractivity contribution in [2.75, 3.05) is 18.6 Å². The molecule has 2 N–H and O–H groups in total. The molecule has 0 saturated heterocycles. The van der Waals surface area contributed by atoms with E-state index in [1.54, 1.807) is 18.0 Å². The van der Waals surface area contributed by atoms with Crippen molar-refractivity contribution in [1.82, 2.24) is 15.1 Å². The van der Waals surface area contributed by atoms with Gasteiger partial charge < -0.3 is 10.4 Å². The highest BCUT2D eigenvalue weighted by atomic mass is 32.2. The van der Waals surface area contributed by atoms with Crippen molar-refractivity contribution in [3.05, 3.63) is 18.5 Å². The van der Waals surface area contributed by atoms with Gasteiger partial charge in [0, 0.05) is 30.9 Å². The van der Waals surface area contributed by atoms with Gasteiger partial charge in [-0.3, -0.25) is 9.48 Å². The first-order valence-corrected chi connectivity index (χ1v) is 7.97. The summed E-state index contributed by atoms with van der Waals surface area (Å²) >= 11 is 1.63. The molecule has 1 heterocycles. The van der Waals surface area contributed by atoms with Crippen LogP contribution in [-0.4, -0.2) is 45.5 Å². The van der Waals surface area contributed by atoms with Crippen LogP contribution in [0, 0.1) is 5.41 Å². The summed E-state index contributed by atoms with van der Waals surface area (Å²) in [5.41, 5.74) is 0.140. The lowest BCUT2D eigenvalue weighted by Gasteiger charge is -2.17. The fourth-order valence-corrected chi connectivity index (χ4v) is 2.52. The average Bonchev–Trinajstić information content (AvgIpc) is 2.98. The second-order valence-electron chi connectivity index (χ2n) is 5.22. The summed E-state index contributed by atoms with van der Waals surface area (Å²) in [7, 11) is 0. The molecule has 0 aliphatic heterocycles. The van der Waals surface area contributed by atoms with Gasteiger partial charge >= 0.3 is 0 Å². The third-order valence-corrected chi connectivity index (χ3v) is 4.19. The molecule has 5 nitrogen and oxygen atoms in total. The van der Waals surface area contributed by atoms with E-state index in [2.05, 4.69) is 10.4 Å². The Morgan fingerprint density at radius 1 is 1.63 bits per heavy atom. The van der Waals surface area contributed by atoms with Crippen LogP contribution < -0.4 is 5.32 Å². The third-order valence-electron chi connectivity index (χ3n) is 3.55. The van der Waals surface area contributed by atoms with Crippen molar-refractivity contribution < 1.29 is 9.90 Å². The van der Waals surface area contributed by atoms with Crippen LogP contribution in [0.4, 0.5) is 0 Å². The third kappa shape index (κ3) is 4.24. The zero-order chi connectivity index (χ0) is 13.7. The molecule has 0 radical (unpaired) electrons. The zero-order valence-corrected chi connectivity index (χ0v) is 12.0. The molecule has 19 heavy (non-hydrogen) atoms. The maximum absolute atomic E-state index is 11.7. The predicted octanol–water partition coefficient (Wildman–Crippen LogP) is 0.893. The Hall–Kier alpha value is -1.01. The molecule has 0 unspecified atom stereocenters. The molecule has 1 aromatic rings. The van der Waals surface area contributed by atoms with Crippen LogP contribution in [0.3, 0.4) is 0 Å². The fraction of sp³-hybridized carbons (Fsp3) is 0.692. The Bertz CT molecular complexity index is 404. The number of rotatable bonds is 8. The number of hydrogen-bond donors (Lipinski definition) is 2. The van der Waals surface area contributed by atoms with Gasteiger partial charge in [-0.2, -0.15) is 16.9 Å². The number of thioether (sulfide) groups is 1. The number of carbonyl (C=O) groups excluding carboxylic acids is 1. The van der Waals surface area contributed by atoms with Crippen molar-refractivity contribution in [2.45, 2.75) is 31.9 Å². The number of nitrogens with zero attached hydrogens (tertiary/aromatic N) is 2. The molecule has 2 rings (SSSR count). The highest BCUT2D eigenvalue weighted by Crippen LogP contribution is 2.46. The van der Waals surface area contributed by atoms with Crippen LogP contribution in [0.25, 0.3) is 0 Å². The number of nitrogens with one attached hydrogen (secondary N) is 1. The standard InChI is InChI=1S/C13H21N3O2S/c1-19-8-3-11(17)12(18)14-9-13(4-5-13)10-16-7-2-6-15-16/h2,6-7,11,17H,3-5,8-10H2,1H3,(H,14,18)/t11-/m0/s1. The predicted molar refractivity (Wildman–Crippen MR) is 75.9 cm³/mol. The summed E-state index contributed by atoms with van der Waals surface area (Å²) in [4.78, 5) is 11.7. The SMILES string of the molecule is CSCC[C@H](O)C(=O)NCC1(Cn2cccn2)CC1. The van der Waals surface area contributed by atoms with Crippen molar-refractivity contribution in [3.63, 3.8) is 0 Å². The molecular weight excluding hydrogens is 262 g/mol. The smallest absolute Gasteiger partial charge is 0.248 e. The molecule has 0 bridgehead atoms. The Kier molecular flexibility index (Phi) is 4.87. The van der Waals surface area contributed by atoms with E-state index in [0.29, 0.717) is 13.0 Å². The molecule has 106 valence electrons. The Morgan fingerprint density at radius 2 is 2.42 bits per heavy atom. The van der Waals surface area contributed by atoms with Crippen LogP contribution in [-0.2, 0) is 11.3 Å². The van der Waals surface area contributed by atoms with E-state index >= 15 is 0 Å². The van der Waals surface area contributed by atoms with Gasteiger partial charge in [0.2, 0.25) is 5.91 Å². The molecule has 1 aliphatic carbocycles. The molecule has 1 aliphatic rings. The van der Waals surface area contributed by atoms with Crippen molar-refractivity contribution in [2.24, 2.45) is 5.41 Å². The van der Waals surface area contributed by atoms with Crippen LogP contribution in [0.5, 0.6) is 0 Å². The fourth-order valence-electron chi connectivity index (χ4n) is 2.06. The minimum Gasteiger partial charge on any atom is -0.383 e. The highest BCUT2D eigenvalue weighted by Gasteiger charge is 2.43. The lowest BCUT2D eigenvalue weighted by atomic mass is 10.1. The number of carbonyl (C=O) groups is 1. The van der Waals surface area contributed by atoms with Gasteiger partial charge in [0.15, 0.2) is 0 Å². The monoisotopic (exact) mass is 283 g/mol. The maximum atomic E-state index is 11.7. The summed E-state index contributed by atoms with van der Waals surface area (Å²) in [6, 6.07) is 1.90. The van der Waals surface area contributed by atoms with Crippen LogP contribution >= 0.6 is 11.8 Å². The number of aliphatic hydroxyl groups excluding tert-OH is 1. The first kappa shape index (κ1) is 14.4. The van der Waals surface area contributed by atoms with Crippen molar-refractivity contribution in [3.8, 4) is 0 Å². The van der Waals surface area contributed by atoms with Gasteiger partial charge in [-0.15, -0.1) is 0 Å². The molecular formula is C13H21N3O2S. The molecule has 1 atom stereocenters. The van der Waals surface area contributed by atoms with Crippen molar-refractivity contribution >= 4 is 17.7 Å². The second kappa shape index (κ2) is 6.43. The van der Waals surface area contributed by atoms with E-state index in [1.807, 2.05) is 23.2 Å². The van der Waals surface area contributed by atoms with E-state index < -0.39 is 6.10 Å². The Morgan fingerprint density at radius 3 is 3.00 bits per heavy atom. The van der Waals surface area contributed by atoms with E-state index in [1.165, 1.54) is 0 Å². The zero-order valence-electron chi connectivity index (χ0n) is 11.2. The van der Waals surface area contributed by atoms with Crippen LogP contribution in [0.1, 0.15) is 19.3 Å². The molecule has 1 fully saturated rings. The number of amides is 1. The lowest BCUT2D eigenvalue weighted by molar-refractivity contribution is -0.129. The summed E-state index contributed by atoms with van der Waals surface area (Å²) in [6.07, 6.45) is 7.51. The summed E-state index contributed by atoms with van der Waals surface area (Å²) in [6.45, 7) is 1.46. The summed E-state index contributed by atoms with van der Waals surface area (Å²) in [5.74, 6) is 0.549. The molecule has 1 aromatic heterocycles. The van der Waals surface area contributed by atoms with Gasteiger partial charge in [0.05, 0.1) is 0 Å². The van der Waals surface area contributed by atoms with Crippen LogP contribution in [0.2, 0.25) is 0 Å². The summed E-state index contributed by atoms with van der Waals surface area (Å²) in [5, 5.41) is 16.7. The normalized spacial score (nSPS) is 18.0. The summed E-state index contributed by atoms with van der Waals surface area (Å²) < 4.78 is 1.91. The van der Waals surface area contributed by atoms with Crippen LogP contribution in [0.15, 0.2) is 18.5 Å². The minimum absolute atomic E-state index is 0.140. The number of aromatic nitrogens is 2. The topological polar surface area (TPSA) is 67.2 Å². The van der Waals surface area contributed by atoms with E-state index in [0.717, 1.165) is 25.1 Å².